The smallest absolute Gasteiger partial charge is 0.328 e. The molecule has 1 aromatic heterocycles. The average molecular weight is 235 g/mol. The molecule has 1 N–H and O–H groups in total. The van der Waals surface area contributed by atoms with Gasteiger partial charge in [0.2, 0.25) is 0 Å². The van der Waals surface area contributed by atoms with Crippen molar-refractivity contribution in [2.75, 3.05) is 0 Å². The van der Waals surface area contributed by atoms with Gasteiger partial charge in [0.25, 0.3) is 0 Å². The molecule has 1 heterocycles. The highest BCUT2D eigenvalue weighted by molar-refractivity contribution is 5.93. The van der Waals surface area contributed by atoms with E-state index in [0.717, 1.165) is 18.2 Å². The highest BCUT2D eigenvalue weighted by Gasteiger charge is 2.07. The van der Waals surface area contributed by atoms with Gasteiger partial charge in [0.05, 0.1) is 5.69 Å². The lowest BCUT2D eigenvalue weighted by Gasteiger charge is -2.02. The van der Waals surface area contributed by atoms with Crippen molar-refractivity contribution in [2.45, 2.75) is 0 Å². The number of carbonyl (C=O) groups is 1. The minimum atomic E-state index is -1.15. The van der Waals surface area contributed by atoms with Crippen molar-refractivity contribution in [1.82, 2.24) is 4.98 Å². The maximum atomic E-state index is 13.4. The lowest BCUT2D eigenvalue weighted by atomic mass is 10.1. The van der Waals surface area contributed by atoms with Gasteiger partial charge >= 0.3 is 5.97 Å². The second-order valence-corrected chi connectivity index (χ2v) is 3.35. The number of carboxylic acid groups (broad SMARTS) is 1. The molecule has 86 valence electrons. The van der Waals surface area contributed by atoms with Crippen LogP contribution in [-0.2, 0) is 4.79 Å². The van der Waals surface area contributed by atoms with Crippen molar-refractivity contribution < 1.29 is 18.7 Å². The third kappa shape index (κ3) is 2.28. The predicted molar refractivity (Wildman–Crippen MR) is 58.3 cm³/mol. The van der Waals surface area contributed by atoms with E-state index in [1.165, 1.54) is 18.3 Å². The van der Waals surface area contributed by atoms with Gasteiger partial charge in [0, 0.05) is 29.1 Å². The molecule has 0 amide bonds. The Morgan fingerprint density at radius 1 is 1.29 bits per heavy atom. The van der Waals surface area contributed by atoms with E-state index in [2.05, 4.69) is 4.98 Å². The van der Waals surface area contributed by atoms with Gasteiger partial charge in [0.15, 0.2) is 0 Å². The topological polar surface area (TPSA) is 50.2 Å². The average Bonchev–Trinajstić information content (AvgIpc) is 2.26. The zero-order valence-corrected chi connectivity index (χ0v) is 8.52. The fourth-order valence-corrected chi connectivity index (χ4v) is 1.51. The van der Waals surface area contributed by atoms with E-state index in [-0.39, 0.29) is 16.5 Å². The van der Waals surface area contributed by atoms with Crippen LogP contribution in [0.3, 0.4) is 0 Å². The van der Waals surface area contributed by atoms with Crippen molar-refractivity contribution in [3.8, 4) is 0 Å². The maximum Gasteiger partial charge on any atom is 0.328 e. The fourth-order valence-electron chi connectivity index (χ4n) is 1.51. The Bertz CT molecular complexity index is 623. The SMILES string of the molecule is O=C(O)/C=C/c1nccc2c(F)cc(F)cc12. The molecule has 0 atom stereocenters. The van der Waals surface area contributed by atoms with Crippen LogP contribution >= 0.6 is 0 Å². The summed E-state index contributed by atoms with van der Waals surface area (Å²) in [5, 5.41) is 8.93. The van der Waals surface area contributed by atoms with Gasteiger partial charge in [0.1, 0.15) is 11.6 Å². The third-order valence-corrected chi connectivity index (χ3v) is 2.21. The Kier molecular flexibility index (Phi) is 2.82. The monoisotopic (exact) mass is 235 g/mol. The van der Waals surface area contributed by atoms with E-state index >= 15 is 0 Å². The first-order valence-electron chi connectivity index (χ1n) is 4.72. The summed E-state index contributed by atoms with van der Waals surface area (Å²) in [6, 6.07) is 3.29. The highest BCUT2D eigenvalue weighted by atomic mass is 19.1. The lowest BCUT2D eigenvalue weighted by Crippen LogP contribution is -1.91. The number of carboxylic acids is 1. The number of rotatable bonds is 2. The summed E-state index contributed by atoms with van der Waals surface area (Å²) >= 11 is 0. The van der Waals surface area contributed by atoms with E-state index in [0.29, 0.717) is 0 Å². The van der Waals surface area contributed by atoms with Crippen molar-refractivity contribution in [2.24, 2.45) is 0 Å². The van der Waals surface area contributed by atoms with Gasteiger partial charge < -0.3 is 5.11 Å². The zero-order chi connectivity index (χ0) is 12.4. The van der Waals surface area contributed by atoms with Gasteiger partial charge in [-0.2, -0.15) is 0 Å². The van der Waals surface area contributed by atoms with Crippen molar-refractivity contribution in [3.63, 3.8) is 0 Å². The molecule has 17 heavy (non-hydrogen) atoms. The minimum Gasteiger partial charge on any atom is -0.478 e. The number of hydrogen-bond donors (Lipinski definition) is 1. The molecule has 2 aromatic rings. The summed E-state index contributed by atoms with van der Waals surface area (Å²) in [6.45, 7) is 0. The number of nitrogens with zero attached hydrogens (tertiary/aromatic N) is 1. The van der Waals surface area contributed by atoms with E-state index in [9.17, 15) is 13.6 Å². The van der Waals surface area contributed by atoms with Gasteiger partial charge in [-0.3, -0.25) is 4.98 Å². The summed E-state index contributed by atoms with van der Waals surface area (Å²) in [5.74, 6) is -2.58. The molecule has 0 radical (unpaired) electrons. The lowest BCUT2D eigenvalue weighted by molar-refractivity contribution is -0.131. The first-order valence-corrected chi connectivity index (χ1v) is 4.72. The third-order valence-electron chi connectivity index (χ3n) is 2.21. The first-order chi connectivity index (χ1) is 8.08. The standard InChI is InChI=1S/C12H7F2NO2/c13-7-5-9-8(10(14)6-7)3-4-15-11(9)1-2-12(16)17/h1-6H,(H,16,17)/b2-1+. The van der Waals surface area contributed by atoms with Crippen LogP contribution in [0, 0.1) is 11.6 Å². The molecule has 0 bridgehead atoms. The molecule has 0 saturated carbocycles. The Balaban J connectivity index is 2.68. The Morgan fingerprint density at radius 2 is 2.06 bits per heavy atom. The summed E-state index contributed by atoms with van der Waals surface area (Å²) in [4.78, 5) is 14.3. The van der Waals surface area contributed by atoms with Crippen LogP contribution in [0.25, 0.3) is 16.8 Å². The van der Waals surface area contributed by atoms with E-state index < -0.39 is 17.6 Å². The maximum absolute atomic E-state index is 13.4. The van der Waals surface area contributed by atoms with Gasteiger partial charge in [-0.1, -0.05) is 0 Å². The van der Waals surface area contributed by atoms with E-state index in [1.54, 1.807) is 0 Å². The summed E-state index contributed by atoms with van der Waals surface area (Å²) in [7, 11) is 0. The normalized spacial score (nSPS) is 11.2. The summed E-state index contributed by atoms with van der Waals surface area (Å²) in [5.41, 5.74) is 0.211. The first kappa shape index (κ1) is 11.2. The fraction of sp³-hybridized carbons (Fsp3) is 0. The predicted octanol–water partition coefficient (Wildman–Crippen LogP) is 2.61. The van der Waals surface area contributed by atoms with Crippen molar-refractivity contribution in [1.29, 1.82) is 0 Å². The van der Waals surface area contributed by atoms with Gasteiger partial charge in [-0.25, -0.2) is 13.6 Å². The van der Waals surface area contributed by atoms with E-state index in [1.807, 2.05) is 0 Å². The number of aromatic nitrogens is 1. The van der Waals surface area contributed by atoms with Gasteiger partial charge in [-0.05, 0) is 18.2 Å². The van der Waals surface area contributed by atoms with Crippen molar-refractivity contribution >= 4 is 22.8 Å². The molecule has 2 rings (SSSR count). The molecule has 0 aliphatic heterocycles. The van der Waals surface area contributed by atoms with Crippen LogP contribution in [0.1, 0.15) is 5.69 Å². The largest absolute Gasteiger partial charge is 0.478 e. The van der Waals surface area contributed by atoms with Crippen LogP contribution in [0.4, 0.5) is 8.78 Å². The number of fused-ring (bicyclic) bond motifs is 1. The Hall–Kier alpha value is -2.30. The van der Waals surface area contributed by atoms with Crippen LogP contribution in [0.15, 0.2) is 30.5 Å². The van der Waals surface area contributed by atoms with Crippen LogP contribution in [0.5, 0.6) is 0 Å². The van der Waals surface area contributed by atoms with E-state index in [4.69, 9.17) is 5.11 Å². The van der Waals surface area contributed by atoms with Crippen LogP contribution < -0.4 is 0 Å². The summed E-state index contributed by atoms with van der Waals surface area (Å²) < 4.78 is 26.5. The quantitative estimate of drug-likeness (QED) is 0.814. The zero-order valence-electron chi connectivity index (χ0n) is 8.52. The second kappa shape index (κ2) is 4.29. The molecular formula is C12H7F2NO2. The number of hydrogen-bond acceptors (Lipinski definition) is 2. The Morgan fingerprint density at radius 3 is 2.76 bits per heavy atom. The minimum absolute atomic E-state index is 0.200. The second-order valence-electron chi connectivity index (χ2n) is 3.35. The molecule has 5 heteroatoms. The van der Waals surface area contributed by atoms with Gasteiger partial charge in [-0.15, -0.1) is 0 Å². The molecule has 0 spiro atoms. The highest BCUT2D eigenvalue weighted by Crippen LogP contribution is 2.22. The molecule has 3 nitrogen and oxygen atoms in total. The molecule has 0 aliphatic carbocycles. The molecule has 1 aromatic carbocycles. The summed E-state index contributed by atoms with van der Waals surface area (Å²) in [6.07, 6.45) is 3.40. The number of aliphatic carboxylic acids is 1. The van der Waals surface area contributed by atoms with Crippen molar-refractivity contribution in [3.05, 3.63) is 47.8 Å². The number of benzene rings is 1. The number of halogens is 2. The van der Waals surface area contributed by atoms with Crippen LogP contribution in [0.2, 0.25) is 0 Å². The molecule has 0 saturated heterocycles. The molecule has 0 fully saturated rings. The number of pyridine rings is 1. The molecular weight excluding hydrogens is 228 g/mol. The molecule has 0 unspecified atom stereocenters. The van der Waals surface area contributed by atoms with Crippen LogP contribution in [-0.4, -0.2) is 16.1 Å². The Labute approximate surface area is 95.0 Å². The molecule has 0 aliphatic rings.